The fourth-order valence-corrected chi connectivity index (χ4v) is 4.10. The maximum Gasteiger partial charge on any atom is 0.241 e. The van der Waals surface area contributed by atoms with E-state index in [1.54, 1.807) is 43.3 Å². The summed E-state index contributed by atoms with van der Waals surface area (Å²) in [7, 11) is -6.94. The van der Waals surface area contributed by atoms with Crippen LogP contribution in [0.4, 0.5) is 5.69 Å². The highest BCUT2D eigenvalue weighted by molar-refractivity contribution is 7.92. The van der Waals surface area contributed by atoms with E-state index < -0.39 is 31.8 Å². The minimum Gasteiger partial charge on any atom is -0.348 e. The number of benzene rings is 2. The van der Waals surface area contributed by atoms with Gasteiger partial charge in [-0.2, -0.15) is 0 Å². The first-order valence-corrected chi connectivity index (χ1v) is 12.3. The van der Waals surface area contributed by atoms with Crippen LogP contribution in [0.15, 0.2) is 53.4 Å². The van der Waals surface area contributed by atoms with Crippen molar-refractivity contribution in [3.8, 4) is 0 Å². The van der Waals surface area contributed by atoms with Crippen molar-refractivity contribution in [3.05, 3.63) is 59.7 Å². The smallest absolute Gasteiger partial charge is 0.241 e. The molecule has 9 heteroatoms. The van der Waals surface area contributed by atoms with E-state index in [4.69, 9.17) is 0 Å². The van der Waals surface area contributed by atoms with Crippen LogP contribution in [-0.2, 0) is 24.7 Å². The molecule has 1 N–H and O–H groups in total. The van der Waals surface area contributed by atoms with Crippen LogP contribution in [0.1, 0.15) is 24.1 Å². The zero-order valence-corrected chi connectivity index (χ0v) is 17.8. The summed E-state index contributed by atoms with van der Waals surface area (Å²) in [5.41, 5.74) is 2.10. The minimum atomic E-state index is -3.64. The number of hydrogen-bond acceptors (Lipinski definition) is 5. The zero-order chi connectivity index (χ0) is 21.1. The monoisotopic (exact) mass is 424 g/mol. The lowest BCUT2D eigenvalue weighted by Crippen LogP contribution is -2.41. The highest BCUT2D eigenvalue weighted by Crippen LogP contribution is 2.19. The number of carbonyl (C=O) groups excluding carboxylic acids is 1. The third-order valence-corrected chi connectivity index (χ3v) is 6.46. The SMILES string of the molecule is Cc1ccc(N(CC(=O)N[C@@H](C)c2ccc(S(C)(=O)=O)cc2)S(C)(=O)=O)cc1. The van der Waals surface area contributed by atoms with Crippen molar-refractivity contribution in [3.63, 3.8) is 0 Å². The van der Waals surface area contributed by atoms with E-state index >= 15 is 0 Å². The van der Waals surface area contributed by atoms with Gasteiger partial charge in [-0.3, -0.25) is 9.10 Å². The number of amides is 1. The summed E-state index contributed by atoms with van der Waals surface area (Å²) in [5.74, 6) is -0.467. The lowest BCUT2D eigenvalue weighted by molar-refractivity contribution is -0.120. The van der Waals surface area contributed by atoms with Crippen LogP contribution in [0.25, 0.3) is 0 Å². The van der Waals surface area contributed by atoms with Crippen molar-refractivity contribution in [1.82, 2.24) is 5.32 Å². The number of anilines is 1. The standard InChI is InChI=1S/C19H24N2O5S2/c1-14-5-9-17(10-6-14)21(28(4,25)26)13-19(22)20-15(2)16-7-11-18(12-8-16)27(3,23)24/h5-12,15H,13H2,1-4H3,(H,20,22)/t15-/m0/s1. The average molecular weight is 425 g/mol. The van der Waals surface area contributed by atoms with Crippen LogP contribution in [0, 0.1) is 6.92 Å². The van der Waals surface area contributed by atoms with Crippen molar-refractivity contribution in [2.24, 2.45) is 0 Å². The Labute approximate surface area is 166 Å². The molecule has 0 bridgehead atoms. The van der Waals surface area contributed by atoms with Gasteiger partial charge in [0.2, 0.25) is 15.9 Å². The van der Waals surface area contributed by atoms with E-state index in [2.05, 4.69) is 5.32 Å². The molecule has 0 radical (unpaired) electrons. The topological polar surface area (TPSA) is 101 Å². The summed E-state index contributed by atoms with van der Waals surface area (Å²) in [4.78, 5) is 12.6. The third-order valence-electron chi connectivity index (χ3n) is 4.20. The first kappa shape index (κ1) is 21.9. The molecule has 0 fully saturated rings. The predicted octanol–water partition coefficient (Wildman–Crippen LogP) is 2.04. The van der Waals surface area contributed by atoms with Crippen molar-refractivity contribution in [1.29, 1.82) is 0 Å². The molecule has 0 aliphatic rings. The van der Waals surface area contributed by atoms with E-state index in [1.165, 1.54) is 12.1 Å². The number of aryl methyl sites for hydroxylation is 1. The van der Waals surface area contributed by atoms with E-state index in [-0.39, 0.29) is 11.4 Å². The summed E-state index contributed by atoms with van der Waals surface area (Å²) >= 11 is 0. The number of carbonyl (C=O) groups is 1. The quantitative estimate of drug-likeness (QED) is 0.733. The molecule has 152 valence electrons. The molecule has 0 saturated heterocycles. The molecule has 28 heavy (non-hydrogen) atoms. The second-order valence-corrected chi connectivity index (χ2v) is 10.7. The number of rotatable bonds is 7. The Hall–Kier alpha value is -2.39. The molecule has 0 aromatic heterocycles. The van der Waals surface area contributed by atoms with Gasteiger partial charge >= 0.3 is 0 Å². The van der Waals surface area contributed by atoms with Gasteiger partial charge in [0, 0.05) is 6.26 Å². The fourth-order valence-electron chi connectivity index (χ4n) is 2.62. The maximum atomic E-state index is 12.4. The van der Waals surface area contributed by atoms with Crippen molar-refractivity contribution < 1.29 is 21.6 Å². The first-order valence-electron chi connectivity index (χ1n) is 8.51. The second kappa shape index (κ2) is 8.32. The van der Waals surface area contributed by atoms with Gasteiger partial charge in [0.05, 0.1) is 22.9 Å². The zero-order valence-electron chi connectivity index (χ0n) is 16.2. The molecule has 0 spiro atoms. The summed E-state index contributed by atoms with van der Waals surface area (Å²) in [6.07, 6.45) is 2.17. The highest BCUT2D eigenvalue weighted by Gasteiger charge is 2.22. The van der Waals surface area contributed by atoms with Gasteiger partial charge in [-0.25, -0.2) is 16.8 Å². The molecular weight excluding hydrogens is 400 g/mol. The summed E-state index contributed by atoms with van der Waals surface area (Å²) in [5, 5.41) is 2.74. The minimum absolute atomic E-state index is 0.192. The molecule has 7 nitrogen and oxygen atoms in total. The lowest BCUT2D eigenvalue weighted by atomic mass is 10.1. The number of sulfone groups is 1. The largest absolute Gasteiger partial charge is 0.348 e. The summed E-state index contributed by atoms with van der Waals surface area (Å²) < 4.78 is 48.4. The molecule has 0 aliphatic carbocycles. The molecule has 2 aromatic carbocycles. The first-order chi connectivity index (χ1) is 12.9. The molecule has 0 saturated carbocycles. The molecule has 1 amide bonds. The Bertz CT molecular complexity index is 1040. The van der Waals surface area contributed by atoms with Gasteiger partial charge in [-0.15, -0.1) is 0 Å². The summed E-state index contributed by atoms with van der Waals surface area (Å²) in [6.45, 7) is 3.27. The molecular formula is C19H24N2O5S2. The Morgan fingerprint density at radius 2 is 1.50 bits per heavy atom. The van der Waals surface area contributed by atoms with Gasteiger partial charge in [-0.1, -0.05) is 29.8 Å². The second-order valence-electron chi connectivity index (χ2n) is 6.74. The number of sulfonamides is 1. The number of nitrogens with one attached hydrogen (secondary N) is 1. The Morgan fingerprint density at radius 3 is 1.96 bits per heavy atom. The summed E-state index contributed by atoms with van der Waals surface area (Å²) in [6, 6.07) is 12.6. The predicted molar refractivity (Wildman–Crippen MR) is 109 cm³/mol. The molecule has 1 atom stereocenters. The molecule has 2 aromatic rings. The van der Waals surface area contributed by atoms with Crippen molar-refractivity contribution >= 4 is 31.5 Å². The number of hydrogen-bond donors (Lipinski definition) is 1. The van der Waals surface area contributed by atoms with Crippen LogP contribution >= 0.6 is 0 Å². The van der Waals surface area contributed by atoms with E-state index in [1.807, 2.05) is 6.92 Å². The molecule has 0 heterocycles. The Morgan fingerprint density at radius 1 is 0.964 bits per heavy atom. The normalized spacial score (nSPS) is 13.0. The average Bonchev–Trinajstić information content (AvgIpc) is 2.59. The van der Waals surface area contributed by atoms with Crippen molar-refractivity contribution in [2.75, 3.05) is 23.4 Å². The van der Waals surface area contributed by atoms with Crippen LogP contribution in [0.5, 0.6) is 0 Å². The van der Waals surface area contributed by atoms with Gasteiger partial charge in [-0.05, 0) is 43.7 Å². The van der Waals surface area contributed by atoms with Crippen LogP contribution < -0.4 is 9.62 Å². The highest BCUT2D eigenvalue weighted by atomic mass is 32.2. The van der Waals surface area contributed by atoms with Gasteiger partial charge in [0.1, 0.15) is 6.54 Å². The third kappa shape index (κ3) is 5.80. The van der Waals surface area contributed by atoms with Gasteiger partial charge in [0.25, 0.3) is 0 Å². The fraction of sp³-hybridized carbons (Fsp3) is 0.316. The Balaban J connectivity index is 2.13. The number of nitrogens with zero attached hydrogens (tertiary/aromatic N) is 1. The van der Waals surface area contributed by atoms with Crippen LogP contribution in [-0.4, -0.2) is 41.8 Å². The molecule has 2 rings (SSSR count). The molecule has 0 unspecified atom stereocenters. The van der Waals surface area contributed by atoms with Gasteiger partial charge < -0.3 is 5.32 Å². The van der Waals surface area contributed by atoms with E-state index in [0.717, 1.165) is 22.4 Å². The van der Waals surface area contributed by atoms with Gasteiger partial charge in [0.15, 0.2) is 9.84 Å². The van der Waals surface area contributed by atoms with Crippen LogP contribution in [0.3, 0.4) is 0 Å². The lowest BCUT2D eigenvalue weighted by Gasteiger charge is -2.23. The Kier molecular flexibility index (Phi) is 6.51. The van der Waals surface area contributed by atoms with Crippen LogP contribution in [0.2, 0.25) is 0 Å². The molecule has 0 aliphatic heterocycles. The van der Waals surface area contributed by atoms with Crippen molar-refractivity contribution in [2.45, 2.75) is 24.8 Å². The van der Waals surface area contributed by atoms with E-state index in [0.29, 0.717) is 11.3 Å². The van der Waals surface area contributed by atoms with E-state index in [9.17, 15) is 21.6 Å². The maximum absolute atomic E-state index is 12.4.